The fourth-order valence-corrected chi connectivity index (χ4v) is 2.40. The Balaban J connectivity index is 1.70. The van der Waals surface area contributed by atoms with E-state index in [1.807, 2.05) is 0 Å². The molecule has 3 N–H and O–H groups in total. The predicted octanol–water partition coefficient (Wildman–Crippen LogP) is 3.01. The van der Waals surface area contributed by atoms with Crippen molar-refractivity contribution in [3.05, 3.63) is 58.0 Å². The van der Waals surface area contributed by atoms with Gasteiger partial charge in [0.25, 0.3) is 5.91 Å². The molecule has 0 unspecified atom stereocenters. The molecule has 10 heteroatoms. The number of hydrogen-bond acceptors (Lipinski definition) is 5. The van der Waals surface area contributed by atoms with E-state index in [1.165, 1.54) is 18.2 Å². The number of hydrogen-bond donors (Lipinski definition) is 3. The zero-order valence-electron chi connectivity index (χ0n) is 14.0. The highest BCUT2D eigenvalue weighted by Gasteiger charge is 2.07. The van der Waals surface area contributed by atoms with Crippen molar-refractivity contribution in [3.8, 4) is 5.75 Å². The number of furan rings is 1. The molecule has 142 valence electrons. The Morgan fingerprint density at radius 3 is 2.67 bits per heavy atom. The number of rotatable bonds is 5. The molecule has 7 nitrogen and oxygen atoms in total. The highest BCUT2D eigenvalue weighted by atomic mass is 35.5. The molecule has 0 aliphatic rings. The van der Waals surface area contributed by atoms with Crippen LogP contribution in [0.15, 0.2) is 40.8 Å². The molecule has 0 aliphatic carbocycles. The summed E-state index contributed by atoms with van der Waals surface area (Å²) in [4.78, 5) is 23.5. The van der Waals surface area contributed by atoms with Crippen LogP contribution in [0.4, 0.5) is 0 Å². The maximum Gasteiger partial charge on any atom is 0.276 e. The van der Waals surface area contributed by atoms with Gasteiger partial charge in [-0.15, -0.1) is 0 Å². The minimum absolute atomic E-state index is 0.0850. The van der Waals surface area contributed by atoms with Crippen molar-refractivity contribution in [3.63, 3.8) is 0 Å². The van der Waals surface area contributed by atoms with Crippen LogP contribution in [0.2, 0.25) is 10.0 Å². The van der Waals surface area contributed by atoms with Gasteiger partial charge in [-0.1, -0.05) is 23.2 Å². The van der Waals surface area contributed by atoms with E-state index in [-0.39, 0.29) is 16.7 Å². The summed E-state index contributed by atoms with van der Waals surface area (Å²) >= 11 is 16.6. The van der Waals surface area contributed by atoms with E-state index < -0.39 is 11.8 Å². The smallest absolute Gasteiger partial charge is 0.276 e. The first-order chi connectivity index (χ1) is 12.8. The molecular weight excluding hydrogens is 413 g/mol. The van der Waals surface area contributed by atoms with Gasteiger partial charge in [-0.3, -0.25) is 25.8 Å². The molecule has 0 aliphatic heterocycles. The van der Waals surface area contributed by atoms with Gasteiger partial charge >= 0.3 is 0 Å². The van der Waals surface area contributed by atoms with Gasteiger partial charge in [-0.25, -0.2) is 0 Å². The van der Waals surface area contributed by atoms with Gasteiger partial charge in [-0.05, 0) is 55.5 Å². The highest BCUT2D eigenvalue weighted by molar-refractivity contribution is 7.80. The van der Waals surface area contributed by atoms with Crippen molar-refractivity contribution in [1.82, 2.24) is 16.2 Å². The number of amides is 2. The number of halogens is 2. The van der Waals surface area contributed by atoms with Crippen LogP contribution in [0.25, 0.3) is 6.08 Å². The average Bonchev–Trinajstić information content (AvgIpc) is 3.03. The zero-order chi connectivity index (χ0) is 19.8. The van der Waals surface area contributed by atoms with Gasteiger partial charge in [0.15, 0.2) is 11.7 Å². The summed E-state index contributed by atoms with van der Waals surface area (Å²) in [6.07, 6.45) is 2.74. The number of aryl methyl sites for hydroxylation is 1. The van der Waals surface area contributed by atoms with Crippen LogP contribution in [0, 0.1) is 6.92 Å². The largest absolute Gasteiger partial charge is 0.482 e. The summed E-state index contributed by atoms with van der Waals surface area (Å²) in [5.41, 5.74) is 4.67. The summed E-state index contributed by atoms with van der Waals surface area (Å²) in [7, 11) is 0. The second kappa shape index (κ2) is 9.96. The summed E-state index contributed by atoms with van der Waals surface area (Å²) < 4.78 is 10.6. The first kappa shape index (κ1) is 20.8. The third-order valence-electron chi connectivity index (χ3n) is 2.96. The van der Waals surface area contributed by atoms with Crippen molar-refractivity contribution in [1.29, 1.82) is 0 Å². The molecule has 2 aromatic rings. The standard InChI is InChI=1S/C17H15Cl2N3O4S/c1-10-2-4-12(26-10)5-7-15(23)20-17(27)22-21-16(24)9-25-14-6-3-11(18)8-13(14)19/h2-8H,9H2,1H3,(H,21,24)(H2,20,22,23,27). The third kappa shape index (κ3) is 7.30. The lowest BCUT2D eigenvalue weighted by Crippen LogP contribution is -2.49. The molecule has 0 atom stereocenters. The third-order valence-corrected chi connectivity index (χ3v) is 3.70. The number of hydrazine groups is 1. The molecule has 1 heterocycles. The van der Waals surface area contributed by atoms with Crippen LogP contribution in [0.3, 0.4) is 0 Å². The van der Waals surface area contributed by atoms with E-state index in [9.17, 15) is 9.59 Å². The van der Waals surface area contributed by atoms with Crippen LogP contribution in [-0.2, 0) is 9.59 Å². The average molecular weight is 428 g/mol. The van der Waals surface area contributed by atoms with Crippen molar-refractivity contribution < 1.29 is 18.7 Å². The Kier molecular flexibility index (Phi) is 7.66. The first-order valence-corrected chi connectivity index (χ1v) is 8.72. The Labute approximate surface area is 170 Å². The SMILES string of the molecule is Cc1ccc(C=CC(=O)NC(=S)NNC(=O)COc2ccc(Cl)cc2Cl)o1. The minimum Gasteiger partial charge on any atom is -0.482 e. The second-order valence-electron chi connectivity index (χ2n) is 5.14. The van der Waals surface area contributed by atoms with Crippen molar-refractivity contribution in [2.24, 2.45) is 0 Å². The molecule has 2 rings (SSSR count). The normalized spacial score (nSPS) is 10.5. The van der Waals surface area contributed by atoms with Crippen molar-refractivity contribution in [2.75, 3.05) is 6.61 Å². The summed E-state index contributed by atoms with van der Waals surface area (Å²) in [6.45, 7) is 1.48. The maximum atomic E-state index is 11.7. The van der Waals surface area contributed by atoms with Crippen LogP contribution in [0.5, 0.6) is 5.75 Å². The summed E-state index contributed by atoms with van der Waals surface area (Å²) in [5, 5.41) is 3.01. The Bertz CT molecular complexity index is 883. The summed E-state index contributed by atoms with van der Waals surface area (Å²) in [6, 6.07) is 8.13. The minimum atomic E-state index is -0.529. The van der Waals surface area contributed by atoms with Gasteiger partial charge in [0, 0.05) is 11.1 Å². The van der Waals surface area contributed by atoms with Crippen LogP contribution in [-0.4, -0.2) is 23.5 Å². The molecule has 1 aromatic carbocycles. The van der Waals surface area contributed by atoms with Crippen LogP contribution < -0.4 is 20.9 Å². The number of benzene rings is 1. The Morgan fingerprint density at radius 1 is 1.22 bits per heavy atom. The zero-order valence-corrected chi connectivity index (χ0v) is 16.4. The fraction of sp³-hybridized carbons (Fsp3) is 0.118. The topological polar surface area (TPSA) is 92.6 Å². The van der Waals surface area contributed by atoms with Gasteiger partial charge < -0.3 is 9.15 Å². The molecule has 0 fully saturated rings. The molecular formula is C17H15Cl2N3O4S. The lowest BCUT2D eigenvalue weighted by molar-refractivity contribution is -0.123. The van der Waals surface area contributed by atoms with Crippen molar-refractivity contribution in [2.45, 2.75) is 6.92 Å². The van der Waals surface area contributed by atoms with E-state index in [0.29, 0.717) is 16.5 Å². The molecule has 27 heavy (non-hydrogen) atoms. The number of thiocarbonyl (C=S) groups is 1. The molecule has 0 saturated carbocycles. The molecule has 0 radical (unpaired) electrons. The molecule has 2 amide bonds. The van der Waals surface area contributed by atoms with Gasteiger partial charge in [0.05, 0.1) is 5.02 Å². The fourth-order valence-electron chi connectivity index (χ4n) is 1.78. The molecule has 0 saturated heterocycles. The quantitative estimate of drug-likeness (QED) is 0.385. The van der Waals surface area contributed by atoms with E-state index in [1.54, 1.807) is 31.2 Å². The van der Waals surface area contributed by atoms with Crippen molar-refractivity contribution >= 4 is 58.4 Å². The lowest BCUT2D eigenvalue weighted by atomic mass is 10.3. The molecule has 0 spiro atoms. The van der Waals surface area contributed by atoms with Gasteiger partial charge in [-0.2, -0.15) is 0 Å². The number of nitrogens with one attached hydrogen (secondary N) is 3. The highest BCUT2D eigenvalue weighted by Crippen LogP contribution is 2.27. The van der Waals surface area contributed by atoms with E-state index >= 15 is 0 Å². The van der Waals surface area contributed by atoms with E-state index in [0.717, 1.165) is 5.76 Å². The monoisotopic (exact) mass is 427 g/mol. The van der Waals surface area contributed by atoms with Gasteiger partial charge in [0.1, 0.15) is 17.3 Å². The van der Waals surface area contributed by atoms with Gasteiger partial charge in [0.2, 0.25) is 5.91 Å². The predicted molar refractivity (Wildman–Crippen MR) is 106 cm³/mol. The second-order valence-corrected chi connectivity index (χ2v) is 6.39. The number of ether oxygens (including phenoxy) is 1. The lowest BCUT2D eigenvalue weighted by Gasteiger charge is -2.11. The number of carbonyl (C=O) groups is 2. The van der Waals surface area contributed by atoms with Crippen LogP contribution in [0.1, 0.15) is 11.5 Å². The maximum absolute atomic E-state index is 11.7. The van der Waals surface area contributed by atoms with E-state index in [2.05, 4.69) is 16.2 Å². The molecule has 1 aromatic heterocycles. The Morgan fingerprint density at radius 2 is 2.00 bits per heavy atom. The molecule has 0 bridgehead atoms. The van der Waals surface area contributed by atoms with Crippen LogP contribution >= 0.6 is 35.4 Å². The first-order valence-electron chi connectivity index (χ1n) is 7.55. The Hall–Kier alpha value is -2.55. The summed E-state index contributed by atoms with van der Waals surface area (Å²) in [5.74, 6) is 0.564. The number of carbonyl (C=O) groups excluding carboxylic acids is 2. The van der Waals surface area contributed by atoms with E-state index in [4.69, 9.17) is 44.6 Å².